The number of rotatable bonds is 9. The third kappa shape index (κ3) is 6.41. The molecule has 2 fully saturated rings. The Labute approximate surface area is 274 Å². The van der Waals surface area contributed by atoms with Crippen molar-refractivity contribution < 1.29 is 14.3 Å². The zero-order valence-electron chi connectivity index (χ0n) is 26.9. The van der Waals surface area contributed by atoms with E-state index in [1.807, 2.05) is 10.7 Å². The first kappa shape index (κ1) is 30.8. The summed E-state index contributed by atoms with van der Waals surface area (Å²) in [7, 11) is 0. The molecule has 8 nitrogen and oxygen atoms in total. The van der Waals surface area contributed by atoms with E-state index in [-0.39, 0.29) is 16.6 Å². The number of hydrogen-bond acceptors (Lipinski definition) is 7. The number of carbonyl (C=O) groups is 1. The van der Waals surface area contributed by atoms with Crippen LogP contribution in [0.3, 0.4) is 0 Å². The van der Waals surface area contributed by atoms with Crippen molar-refractivity contribution in [1.29, 1.82) is 0 Å². The lowest BCUT2D eigenvalue weighted by atomic mass is 9.79. The number of nitrogens with zero attached hydrogens (tertiary/aromatic N) is 5. The van der Waals surface area contributed by atoms with Gasteiger partial charge in [0, 0.05) is 66.1 Å². The number of pyridine rings is 1. The fourth-order valence-corrected chi connectivity index (χ4v) is 7.36. The third-order valence-electron chi connectivity index (χ3n) is 9.73. The Kier molecular flexibility index (Phi) is 8.57. The minimum Gasteiger partial charge on any atom is -0.381 e. The second-order valence-corrected chi connectivity index (χ2v) is 14.5. The van der Waals surface area contributed by atoms with Crippen LogP contribution in [0.1, 0.15) is 67.9 Å². The maximum Gasteiger partial charge on any atom is 0.160 e. The van der Waals surface area contributed by atoms with Crippen molar-refractivity contribution in [3.63, 3.8) is 0 Å². The number of aromatic nitrogens is 5. The van der Waals surface area contributed by atoms with Crippen molar-refractivity contribution in [2.45, 2.75) is 79.9 Å². The van der Waals surface area contributed by atoms with Gasteiger partial charge in [0.2, 0.25) is 0 Å². The summed E-state index contributed by atoms with van der Waals surface area (Å²) in [5, 5.41) is 14.1. The van der Waals surface area contributed by atoms with Crippen molar-refractivity contribution in [1.82, 2.24) is 24.4 Å². The minimum atomic E-state index is -0.0528. The van der Waals surface area contributed by atoms with E-state index in [9.17, 15) is 4.79 Å². The highest BCUT2D eigenvalue weighted by Crippen LogP contribution is 2.36. The monoisotopic (exact) mass is 635 g/mol. The molecule has 0 radical (unpaired) electrons. The summed E-state index contributed by atoms with van der Waals surface area (Å²) in [6.45, 7) is 9.58. The predicted molar refractivity (Wildman–Crippen MR) is 179 cm³/mol. The highest BCUT2D eigenvalue weighted by atomic mass is 32.2. The average molecular weight is 636 g/mol. The molecule has 238 valence electrons. The van der Waals surface area contributed by atoms with Crippen molar-refractivity contribution in [3.8, 4) is 5.69 Å². The summed E-state index contributed by atoms with van der Waals surface area (Å²) >= 11 is 1.70. The quantitative estimate of drug-likeness (QED) is 0.175. The highest BCUT2D eigenvalue weighted by molar-refractivity contribution is 7.99. The predicted octanol–water partition coefficient (Wildman–Crippen LogP) is 6.87. The van der Waals surface area contributed by atoms with E-state index in [0.717, 1.165) is 96.0 Å². The van der Waals surface area contributed by atoms with Gasteiger partial charge in [-0.2, -0.15) is 5.10 Å². The van der Waals surface area contributed by atoms with Gasteiger partial charge in [0.25, 0.3) is 0 Å². The van der Waals surface area contributed by atoms with Crippen molar-refractivity contribution >= 4 is 23.2 Å². The van der Waals surface area contributed by atoms with Gasteiger partial charge in [0.15, 0.2) is 5.65 Å². The van der Waals surface area contributed by atoms with E-state index in [1.165, 1.54) is 5.56 Å². The largest absolute Gasteiger partial charge is 0.381 e. The number of benzene rings is 2. The maximum absolute atomic E-state index is 13.5. The van der Waals surface area contributed by atoms with Gasteiger partial charge in [0.1, 0.15) is 11.6 Å². The lowest BCUT2D eigenvalue weighted by Crippen LogP contribution is -2.32. The minimum absolute atomic E-state index is 0.0443. The summed E-state index contributed by atoms with van der Waals surface area (Å²) < 4.78 is 15.3. The van der Waals surface area contributed by atoms with Crippen LogP contribution in [0.15, 0.2) is 82.7 Å². The van der Waals surface area contributed by atoms with Gasteiger partial charge in [-0.25, -0.2) is 4.68 Å². The number of carbonyl (C=O) groups excluding carboxylic acids is 1. The fraction of sp³-hybridized carbons (Fsp3) is 0.405. The van der Waals surface area contributed by atoms with Crippen LogP contribution in [-0.4, -0.2) is 56.6 Å². The average Bonchev–Trinajstić information content (AvgIpc) is 3.68. The first-order valence-electron chi connectivity index (χ1n) is 16.2. The van der Waals surface area contributed by atoms with Crippen LogP contribution in [0, 0.1) is 6.92 Å². The normalized spacial score (nSPS) is 17.7. The number of hydrogen-bond donors (Lipinski definition) is 0. The van der Waals surface area contributed by atoms with Crippen molar-refractivity contribution in [2.24, 2.45) is 0 Å². The Balaban J connectivity index is 1.05. The molecule has 5 heterocycles. The molecule has 3 aromatic heterocycles. The molecular formula is C37H41N5O3S. The Bertz CT molecular complexity index is 1830. The molecule has 46 heavy (non-hydrogen) atoms. The molecule has 2 saturated heterocycles. The van der Waals surface area contributed by atoms with Crippen LogP contribution in [0.5, 0.6) is 0 Å². The Hall–Kier alpha value is -3.79. The molecule has 0 atom stereocenters. The van der Waals surface area contributed by atoms with Gasteiger partial charge in [0.05, 0.1) is 17.1 Å². The van der Waals surface area contributed by atoms with Gasteiger partial charge >= 0.3 is 0 Å². The molecule has 2 aromatic carbocycles. The second kappa shape index (κ2) is 12.8. The summed E-state index contributed by atoms with van der Waals surface area (Å²) in [5.41, 5.74) is 5.92. The first-order chi connectivity index (χ1) is 22.3. The molecule has 2 aliphatic rings. The first-order valence-corrected chi connectivity index (χ1v) is 17.1. The van der Waals surface area contributed by atoms with E-state index in [4.69, 9.17) is 14.6 Å². The van der Waals surface area contributed by atoms with Gasteiger partial charge < -0.3 is 9.47 Å². The number of Topliss-reactive ketones (excluding diaryl/α,β-unsaturated/α-hetero) is 1. The summed E-state index contributed by atoms with van der Waals surface area (Å²) in [6.07, 6.45) is 6.58. The summed E-state index contributed by atoms with van der Waals surface area (Å²) in [4.78, 5) is 15.7. The Morgan fingerprint density at radius 3 is 2.15 bits per heavy atom. The molecule has 0 aliphatic carbocycles. The zero-order valence-corrected chi connectivity index (χ0v) is 27.7. The summed E-state index contributed by atoms with van der Waals surface area (Å²) in [6, 6.07) is 22.9. The van der Waals surface area contributed by atoms with Crippen LogP contribution in [0.2, 0.25) is 0 Å². The van der Waals surface area contributed by atoms with Gasteiger partial charge in [-0.05, 0) is 80.6 Å². The fourth-order valence-electron chi connectivity index (χ4n) is 6.52. The topological polar surface area (TPSA) is 83.5 Å². The molecule has 9 heteroatoms. The summed E-state index contributed by atoms with van der Waals surface area (Å²) in [5.74, 6) is 1.17. The smallest absolute Gasteiger partial charge is 0.160 e. The van der Waals surface area contributed by atoms with E-state index < -0.39 is 0 Å². The van der Waals surface area contributed by atoms with E-state index in [0.29, 0.717) is 12.8 Å². The number of ketones is 1. The molecule has 2 aliphatic heterocycles. The van der Waals surface area contributed by atoms with Crippen LogP contribution in [-0.2, 0) is 37.9 Å². The van der Waals surface area contributed by atoms with E-state index >= 15 is 0 Å². The molecule has 0 N–H and O–H groups in total. The van der Waals surface area contributed by atoms with E-state index in [1.54, 1.807) is 11.8 Å². The SMILES string of the molecule is Cc1ccc(-n2nc(C3(C)CCOCC3)cc2CC(=O)Cc2ccc(Sc3ccc4nnc(C5(C)CCOCC5)n4c3)cc2)cc1. The van der Waals surface area contributed by atoms with Crippen molar-refractivity contribution in [3.05, 3.63) is 101 Å². The highest BCUT2D eigenvalue weighted by Gasteiger charge is 2.34. The van der Waals surface area contributed by atoms with Gasteiger partial charge in [-0.15, -0.1) is 10.2 Å². The van der Waals surface area contributed by atoms with Gasteiger partial charge in [-0.3, -0.25) is 9.20 Å². The Morgan fingerprint density at radius 2 is 1.46 bits per heavy atom. The van der Waals surface area contributed by atoms with Crippen LogP contribution in [0.25, 0.3) is 11.3 Å². The molecule has 5 aromatic rings. The van der Waals surface area contributed by atoms with Crippen LogP contribution >= 0.6 is 11.8 Å². The molecule has 0 bridgehead atoms. The number of aryl methyl sites for hydroxylation is 1. The zero-order chi connectivity index (χ0) is 31.7. The third-order valence-corrected chi connectivity index (χ3v) is 10.7. The molecule has 7 rings (SSSR count). The van der Waals surface area contributed by atoms with Crippen LogP contribution < -0.4 is 0 Å². The lowest BCUT2D eigenvalue weighted by Gasteiger charge is -2.31. The second-order valence-electron chi connectivity index (χ2n) is 13.4. The molecule has 0 unspecified atom stereocenters. The molecule has 0 saturated carbocycles. The Morgan fingerprint density at radius 1 is 0.804 bits per heavy atom. The molecule has 0 amide bonds. The molecular weight excluding hydrogens is 595 g/mol. The number of ether oxygens (including phenoxy) is 2. The van der Waals surface area contributed by atoms with Crippen molar-refractivity contribution in [2.75, 3.05) is 26.4 Å². The van der Waals surface area contributed by atoms with Crippen LogP contribution in [0.4, 0.5) is 0 Å². The number of fused-ring (bicyclic) bond motifs is 1. The molecule has 0 spiro atoms. The van der Waals surface area contributed by atoms with E-state index in [2.05, 4.69) is 102 Å². The maximum atomic E-state index is 13.5. The lowest BCUT2D eigenvalue weighted by molar-refractivity contribution is -0.117. The van der Waals surface area contributed by atoms with Gasteiger partial charge in [-0.1, -0.05) is 55.4 Å². The standard InChI is InChI=1S/C37H41N5O3S/c1-26-4-8-28(9-5-26)42-29(24-33(40-42)36(2)14-18-44-19-15-36)23-30(43)22-27-6-10-31(11-7-27)46-32-12-13-34-38-39-35(41(34)25-32)37(3)16-20-45-21-17-37/h4-13,24-25H,14-23H2,1-3H3.